The number of thiazole rings is 1. The number of aromatic nitrogens is 3. The molecule has 0 spiro atoms. The Morgan fingerprint density at radius 3 is 2.63 bits per heavy atom. The number of hydrogen-bond acceptors (Lipinski definition) is 7. The zero-order chi connectivity index (χ0) is 18.6. The molecule has 4 rings (SSSR count). The monoisotopic (exact) mass is 380 g/mol. The average Bonchev–Trinajstić information content (AvgIpc) is 3.29. The van der Waals surface area contributed by atoms with Crippen LogP contribution in [0.3, 0.4) is 0 Å². The van der Waals surface area contributed by atoms with Crippen LogP contribution < -0.4 is 4.74 Å². The molecule has 0 saturated heterocycles. The lowest BCUT2D eigenvalue weighted by Gasteiger charge is -2.11. The third-order valence-electron chi connectivity index (χ3n) is 4.04. The molecule has 0 saturated carbocycles. The van der Waals surface area contributed by atoms with Crippen LogP contribution in [-0.4, -0.2) is 33.7 Å². The van der Waals surface area contributed by atoms with Crippen LogP contribution in [0.25, 0.3) is 21.6 Å². The van der Waals surface area contributed by atoms with Gasteiger partial charge >= 0.3 is 0 Å². The van der Waals surface area contributed by atoms with Crippen molar-refractivity contribution in [1.82, 2.24) is 20.0 Å². The van der Waals surface area contributed by atoms with E-state index < -0.39 is 0 Å². The van der Waals surface area contributed by atoms with E-state index in [2.05, 4.69) is 26.1 Å². The van der Waals surface area contributed by atoms with Crippen LogP contribution in [0, 0.1) is 0 Å². The molecular weight excluding hydrogens is 360 g/mol. The maximum absolute atomic E-state index is 5.46. The molecule has 0 aliphatic rings. The Morgan fingerprint density at radius 2 is 1.85 bits per heavy atom. The highest BCUT2D eigenvalue weighted by Gasteiger charge is 2.13. The lowest BCUT2D eigenvalue weighted by Crippen LogP contribution is -2.17. The molecule has 2 aromatic carbocycles. The van der Waals surface area contributed by atoms with Gasteiger partial charge in [-0.25, -0.2) is 4.98 Å². The van der Waals surface area contributed by atoms with Crippen LogP contribution in [0.1, 0.15) is 17.8 Å². The van der Waals surface area contributed by atoms with Gasteiger partial charge in [0.1, 0.15) is 10.8 Å². The van der Waals surface area contributed by atoms with Crippen molar-refractivity contribution in [2.45, 2.75) is 20.0 Å². The Balaban J connectivity index is 1.40. The van der Waals surface area contributed by atoms with Gasteiger partial charge in [-0.1, -0.05) is 17.3 Å². The summed E-state index contributed by atoms with van der Waals surface area (Å²) in [5.74, 6) is 2.00. The minimum absolute atomic E-state index is 0.569. The smallest absolute Gasteiger partial charge is 0.241 e. The van der Waals surface area contributed by atoms with Crippen molar-refractivity contribution in [2.24, 2.45) is 0 Å². The molecule has 0 N–H and O–H groups in total. The number of nitrogens with zero attached hydrogens (tertiary/aromatic N) is 4. The number of hydrogen-bond donors (Lipinski definition) is 0. The van der Waals surface area contributed by atoms with Crippen LogP contribution in [0.4, 0.5) is 0 Å². The predicted octanol–water partition coefficient (Wildman–Crippen LogP) is 4.38. The second-order valence-corrected chi connectivity index (χ2v) is 7.33. The molecule has 138 valence electrons. The quantitative estimate of drug-likeness (QED) is 0.474. The van der Waals surface area contributed by atoms with Gasteiger partial charge in [0.25, 0.3) is 0 Å². The topological polar surface area (TPSA) is 64.3 Å². The third kappa shape index (κ3) is 4.15. The van der Waals surface area contributed by atoms with E-state index in [1.165, 1.54) is 4.70 Å². The first-order chi connectivity index (χ1) is 13.2. The number of benzene rings is 2. The van der Waals surface area contributed by atoms with Crippen molar-refractivity contribution >= 4 is 21.6 Å². The Bertz CT molecular complexity index is 993. The van der Waals surface area contributed by atoms with E-state index in [0.29, 0.717) is 24.9 Å². The summed E-state index contributed by atoms with van der Waals surface area (Å²) in [6.45, 7) is 3.91. The van der Waals surface area contributed by atoms with E-state index >= 15 is 0 Å². The molecule has 0 atom stereocenters. The summed E-state index contributed by atoms with van der Waals surface area (Å²) < 4.78 is 12.1. The second-order valence-electron chi connectivity index (χ2n) is 6.22. The van der Waals surface area contributed by atoms with Crippen LogP contribution >= 0.6 is 11.3 Å². The molecular formula is C20H20N4O2S. The summed E-state index contributed by atoms with van der Waals surface area (Å²) in [5.41, 5.74) is 1.95. The van der Waals surface area contributed by atoms with Crippen molar-refractivity contribution in [3.63, 3.8) is 0 Å². The highest BCUT2D eigenvalue weighted by atomic mass is 32.1. The Labute approximate surface area is 161 Å². The van der Waals surface area contributed by atoms with Crippen LogP contribution in [-0.2, 0) is 13.1 Å². The van der Waals surface area contributed by atoms with E-state index in [-0.39, 0.29) is 0 Å². The molecule has 0 unspecified atom stereocenters. The van der Waals surface area contributed by atoms with Crippen molar-refractivity contribution in [3.05, 3.63) is 59.4 Å². The first-order valence-corrected chi connectivity index (χ1v) is 9.61. The number of fused-ring (bicyclic) bond motifs is 1. The Morgan fingerprint density at radius 1 is 1.04 bits per heavy atom. The highest BCUT2D eigenvalue weighted by molar-refractivity contribution is 7.18. The van der Waals surface area contributed by atoms with E-state index in [1.54, 1.807) is 11.3 Å². The van der Waals surface area contributed by atoms with Gasteiger partial charge in [0.2, 0.25) is 11.7 Å². The fraction of sp³-hybridized carbons (Fsp3) is 0.250. The zero-order valence-electron chi connectivity index (χ0n) is 15.3. The molecule has 0 radical (unpaired) electrons. The molecule has 27 heavy (non-hydrogen) atoms. The van der Waals surface area contributed by atoms with Crippen molar-refractivity contribution < 1.29 is 9.26 Å². The summed E-state index contributed by atoms with van der Waals surface area (Å²) in [6.07, 6.45) is 0. The third-order valence-corrected chi connectivity index (χ3v) is 5.06. The summed E-state index contributed by atoms with van der Waals surface area (Å²) in [7, 11) is 2.02. The molecule has 0 fully saturated rings. The summed E-state index contributed by atoms with van der Waals surface area (Å²) in [6, 6.07) is 15.9. The van der Waals surface area contributed by atoms with Gasteiger partial charge in [0.15, 0.2) is 0 Å². The van der Waals surface area contributed by atoms with E-state index in [4.69, 9.17) is 9.26 Å². The van der Waals surface area contributed by atoms with Crippen molar-refractivity contribution in [2.75, 3.05) is 13.7 Å². The highest BCUT2D eigenvalue weighted by Crippen LogP contribution is 2.23. The van der Waals surface area contributed by atoms with Gasteiger partial charge in [0.05, 0.1) is 29.9 Å². The van der Waals surface area contributed by atoms with Gasteiger partial charge in [-0.2, -0.15) is 4.98 Å². The normalized spacial score (nSPS) is 11.4. The number of ether oxygens (including phenoxy) is 1. The molecule has 4 aromatic rings. The van der Waals surface area contributed by atoms with Crippen molar-refractivity contribution in [3.8, 4) is 17.1 Å². The van der Waals surface area contributed by atoms with Crippen LogP contribution in [0.5, 0.6) is 5.75 Å². The van der Waals surface area contributed by atoms with E-state index in [0.717, 1.165) is 28.4 Å². The summed E-state index contributed by atoms with van der Waals surface area (Å²) in [4.78, 5) is 11.3. The maximum atomic E-state index is 5.46. The summed E-state index contributed by atoms with van der Waals surface area (Å²) >= 11 is 1.71. The first kappa shape index (κ1) is 17.6. The van der Waals surface area contributed by atoms with Crippen LogP contribution in [0.15, 0.2) is 53.1 Å². The maximum Gasteiger partial charge on any atom is 0.241 e. The number of rotatable bonds is 7. The molecule has 0 bridgehead atoms. The standard InChI is InChI=1S/C20H20N4O2S/c1-3-25-15-10-8-14(9-11-15)20-22-18(26-23-20)12-24(2)13-19-21-16-6-4-5-7-17(16)27-19/h4-11H,3,12-13H2,1-2H3. The predicted molar refractivity (Wildman–Crippen MR) is 106 cm³/mol. The van der Waals surface area contributed by atoms with E-state index in [9.17, 15) is 0 Å². The molecule has 0 amide bonds. The Hall–Kier alpha value is -2.77. The lowest BCUT2D eigenvalue weighted by atomic mass is 10.2. The van der Waals surface area contributed by atoms with E-state index in [1.807, 2.05) is 56.4 Å². The molecule has 0 aliphatic heterocycles. The van der Waals surface area contributed by atoms with Gasteiger partial charge in [-0.15, -0.1) is 11.3 Å². The fourth-order valence-electron chi connectivity index (χ4n) is 2.81. The summed E-state index contributed by atoms with van der Waals surface area (Å²) in [5, 5.41) is 5.16. The van der Waals surface area contributed by atoms with Gasteiger partial charge in [-0.3, -0.25) is 4.90 Å². The molecule has 2 heterocycles. The van der Waals surface area contributed by atoms with Crippen LogP contribution in [0.2, 0.25) is 0 Å². The zero-order valence-corrected chi connectivity index (χ0v) is 16.1. The minimum Gasteiger partial charge on any atom is -0.494 e. The molecule has 7 heteroatoms. The lowest BCUT2D eigenvalue weighted by molar-refractivity contribution is 0.260. The average molecular weight is 380 g/mol. The minimum atomic E-state index is 0.569. The molecule has 2 aromatic heterocycles. The first-order valence-electron chi connectivity index (χ1n) is 8.80. The molecule has 0 aliphatic carbocycles. The second kappa shape index (κ2) is 7.85. The fourth-order valence-corrected chi connectivity index (χ4v) is 3.86. The van der Waals surface area contributed by atoms with Crippen molar-refractivity contribution in [1.29, 1.82) is 0 Å². The largest absolute Gasteiger partial charge is 0.494 e. The van der Waals surface area contributed by atoms with Gasteiger partial charge in [0, 0.05) is 5.56 Å². The van der Waals surface area contributed by atoms with Gasteiger partial charge in [-0.05, 0) is 50.4 Å². The molecule has 6 nitrogen and oxygen atoms in total. The number of para-hydroxylation sites is 1. The van der Waals surface area contributed by atoms with Gasteiger partial charge < -0.3 is 9.26 Å². The SMILES string of the molecule is CCOc1ccc(-c2noc(CN(C)Cc3nc4ccccc4s3)n2)cc1. The Kier molecular flexibility index (Phi) is 5.13.